The number of hydrogen-bond acceptors (Lipinski definition) is 12. The second-order valence-corrected chi connectivity index (χ2v) is 30.3. The number of phenols is 1. The molecule has 1 aliphatic rings. The van der Waals surface area contributed by atoms with E-state index in [2.05, 4.69) is 72.7 Å². The van der Waals surface area contributed by atoms with E-state index in [-0.39, 0.29) is 38.4 Å². The number of methoxy groups -OCH3 is 1. The van der Waals surface area contributed by atoms with E-state index in [1.54, 1.807) is 24.1 Å². The quantitative estimate of drug-likeness (QED) is 0.0380. The predicted octanol–water partition coefficient (Wildman–Crippen LogP) is 13.6. The van der Waals surface area contributed by atoms with E-state index < -0.39 is 32.0 Å². The number of carbonyl (C=O) groups is 3. The van der Waals surface area contributed by atoms with Gasteiger partial charge < -0.3 is 45.3 Å². The molecular formula is C61H72N6O8S2Si. The molecule has 0 unspecified atom stereocenters. The first-order chi connectivity index (χ1) is 36.9. The lowest BCUT2D eigenvalue weighted by Gasteiger charge is -2.41. The number of aryl methyl sites for hydroxylation is 1. The van der Waals surface area contributed by atoms with Gasteiger partial charge in [0.2, 0.25) is 5.56 Å². The molecule has 410 valence electrons. The third-order valence-electron chi connectivity index (χ3n) is 14.5. The van der Waals surface area contributed by atoms with Gasteiger partial charge in [0.1, 0.15) is 17.1 Å². The molecule has 0 bridgehead atoms. The Labute approximate surface area is 466 Å². The van der Waals surface area contributed by atoms with Crippen LogP contribution in [-0.2, 0) is 19.7 Å². The molecule has 14 nitrogen and oxygen atoms in total. The number of pyridine rings is 2. The number of carbonyl (C=O) groups excluding carboxylic acids is 3. The summed E-state index contributed by atoms with van der Waals surface area (Å²) in [5, 5.41) is 18.6. The van der Waals surface area contributed by atoms with E-state index in [4.69, 9.17) is 19.6 Å². The van der Waals surface area contributed by atoms with Gasteiger partial charge >= 0.3 is 6.09 Å². The van der Waals surface area contributed by atoms with Crippen LogP contribution < -0.4 is 26.7 Å². The lowest BCUT2D eigenvalue weighted by atomic mass is 9.97. The van der Waals surface area contributed by atoms with Crippen LogP contribution >= 0.6 is 23.5 Å². The van der Waals surface area contributed by atoms with Crippen LogP contribution in [0.3, 0.4) is 0 Å². The number of primary amides is 1. The van der Waals surface area contributed by atoms with Gasteiger partial charge in [0.05, 0.1) is 46.1 Å². The number of thioether (sulfide) groups is 2. The fourth-order valence-corrected chi connectivity index (χ4v) is 14.1. The first-order valence-corrected chi connectivity index (χ1v) is 31.2. The molecule has 5 aromatic carbocycles. The fourth-order valence-electron chi connectivity index (χ4n) is 9.52. The van der Waals surface area contributed by atoms with Crippen LogP contribution in [0.25, 0.3) is 21.8 Å². The summed E-state index contributed by atoms with van der Waals surface area (Å²) in [5.41, 5.74) is 13.4. The molecule has 1 saturated heterocycles. The minimum absolute atomic E-state index is 0.0402. The van der Waals surface area contributed by atoms with E-state index in [0.717, 1.165) is 63.2 Å². The highest BCUT2D eigenvalue weighted by Crippen LogP contribution is 2.55. The monoisotopic (exact) mass is 1110 g/mol. The molecule has 7 aromatic rings. The highest BCUT2D eigenvalue weighted by molar-refractivity contribution is 8.20. The van der Waals surface area contributed by atoms with Gasteiger partial charge in [-0.25, -0.2) is 4.79 Å². The number of benzene rings is 5. The summed E-state index contributed by atoms with van der Waals surface area (Å²) in [6, 6.07) is 33.8. The SMILES string of the molecule is COc1cccc(Nc2c(C(N)=O)cnc3c(C)cc(Cc4cccc(C(=O)Nc5ccc(C6(CCCCN(C[C@H](O[Si](C)(C)C(C)(C)C)c7ccc(O)c8[nH]c(=O)ccc78)C(=O)OC(C)(C)C)SCCS6)cc5)c4)cc23)c1. The van der Waals surface area contributed by atoms with Crippen molar-refractivity contribution in [2.75, 3.05) is 42.3 Å². The molecule has 0 aliphatic carbocycles. The second-order valence-electron chi connectivity index (χ2n) is 22.5. The lowest BCUT2D eigenvalue weighted by Crippen LogP contribution is -2.46. The number of ether oxygens (including phenoxy) is 2. The van der Waals surface area contributed by atoms with Gasteiger partial charge in [0, 0.05) is 64.1 Å². The summed E-state index contributed by atoms with van der Waals surface area (Å²) in [7, 11) is -0.844. The molecule has 2 aromatic heterocycles. The minimum atomic E-state index is -2.44. The number of phenolic OH excluding ortho intramolecular Hbond substituents is 1. The first-order valence-electron chi connectivity index (χ1n) is 26.3. The number of nitrogens with zero attached hydrogens (tertiary/aromatic N) is 2. The zero-order valence-electron chi connectivity index (χ0n) is 46.3. The molecular weight excluding hydrogens is 1040 g/mol. The van der Waals surface area contributed by atoms with Crippen LogP contribution in [0, 0.1) is 6.92 Å². The molecule has 8 rings (SSSR count). The molecule has 1 aliphatic heterocycles. The van der Waals surface area contributed by atoms with Crippen LogP contribution in [0.1, 0.15) is 115 Å². The van der Waals surface area contributed by atoms with E-state index in [0.29, 0.717) is 53.0 Å². The van der Waals surface area contributed by atoms with Crippen LogP contribution in [0.2, 0.25) is 18.1 Å². The van der Waals surface area contributed by atoms with Gasteiger partial charge in [-0.15, -0.1) is 23.5 Å². The van der Waals surface area contributed by atoms with Crippen molar-refractivity contribution in [3.63, 3.8) is 0 Å². The maximum absolute atomic E-state index is 14.1. The van der Waals surface area contributed by atoms with E-state index in [1.165, 1.54) is 17.8 Å². The Morgan fingerprint density at radius 2 is 1.60 bits per heavy atom. The summed E-state index contributed by atoms with van der Waals surface area (Å²) in [6.07, 6.45) is 3.42. The molecule has 3 amide bonds. The number of H-pyrrole nitrogens is 1. The van der Waals surface area contributed by atoms with E-state index in [1.807, 2.05) is 124 Å². The van der Waals surface area contributed by atoms with E-state index >= 15 is 0 Å². The van der Waals surface area contributed by atoms with Crippen molar-refractivity contribution < 1.29 is 33.4 Å². The Bertz CT molecular complexity index is 3400. The van der Waals surface area contributed by atoms with E-state index in [9.17, 15) is 24.3 Å². The number of nitrogens with one attached hydrogen (secondary N) is 3. The standard InChI is InChI=1S/C61H72N6O8S2Si/c1-38-31-40(34-48-53(38)63-36-49(56(62)70)54(48)64-44-17-14-18-45(35-44)73-8)32-39-15-13-16-41(33-39)57(71)65-43-21-19-42(20-22-43)61(76-29-30-77-61)27-11-12-28-67(58(72)74-59(2,3)4)37-51(75-78(9,10)60(5,6)7)46-23-25-50(68)55-47(46)24-26-52(69)66-55/h13-26,31,33-36,51,68H,11-12,27-30,32,37H2,1-10H3,(H2,62,70)(H,63,64)(H,65,71)(H,66,69)/t51-/m0/s1. The van der Waals surface area contributed by atoms with Gasteiger partial charge in [-0.1, -0.05) is 63.2 Å². The van der Waals surface area contributed by atoms with Crippen molar-refractivity contribution in [1.29, 1.82) is 0 Å². The molecule has 0 radical (unpaired) electrons. The summed E-state index contributed by atoms with van der Waals surface area (Å²) in [6.45, 7) is 19.1. The van der Waals surface area contributed by atoms with Crippen molar-refractivity contribution in [2.45, 2.75) is 108 Å². The molecule has 17 heteroatoms. The highest BCUT2D eigenvalue weighted by atomic mass is 32.2. The maximum atomic E-state index is 14.1. The summed E-state index contributed by atoms with van der Waals surface area (Å²) >= 11 is 3.87. The number of aromatic hydroxyl groups is 1. The molecule has 1 fully saturated rings. The molecule has 0 saturated carbocycles. The summed E-state index contributed by atoms with van der Waals surface area (Å²) in [4.78, 5) is 62.2. The Morgan fingerprint density at radius 3 is 2.29 bits per heavy atom. The number of rotatable bonds is 19. The molecule has 1 atom stereocenters. The normalized spacial score (nSPS) is 14.0. The number of aromatic nitrogens is 2. The second kappa shape index (κ2) is 23.7. The molecule has 6 N–H and O–H groups in total. The smallest absolute Gasteiger partial charge is 0.410 e. The maximum Gasteiger partial charge on any atom is 0.410 e. The Morgan fingerprint density at radius 1 is 0.872 bits per heavy atom. The Balaban J connectivity index is 0.953. The van der Waals surface area contributed by atoms with Crippen LogP contribution in [-0.4, -0.2) is 83.5 Å². The van der Waals surface area contributed by atoms with Crippen LogP contribution in [0.15, 0.2) is 120 Å². The topological polar surface area (TPSA) is 198 Å². The van der Waals surface area contributed by atoms with Gasteiger partial charge in [-0.05, 0) is 154 Å². The third-order valence-corrected chi connectivity index (χ3v) is 22.6. The largest absolute Gasteiger partial charge is 0.506 e. The van der Waals surface area contributed by atoms with Gasteiger partial charge in [-0.2, -0.15) is 0 Å². The third kappa shape index (κ3) is 13.5. The van der Waals surface area contributed by atoms with Crippen molar-refractivity contribution in [3.8, 4) is 11.5 Å². The van der Waals surface area contributed by atoms with Gasteiger partial charge in [0.15, 0.2) is 8.32 Å². The minimum Gasteiger partial charge on any atom is -0.506 e. The average Bonchev–Trinajstić information content (AvgIpc) is 3.87. The highest BCUT2D eigenvalue weighted by Gasteiger charge is 2.41. The lowest BCUT2D eigenvalue weighted by molar-refractivity contribution is 0.0153. The summed E-state index contributed by atoms with van der Waals surface area (Å²) in [5.74, 6) is 1.82. The number of anilines is 3. The van der Waals surface area contributed by atoms with Crippen LogP contribution in [0.4, 0.5) is 21.9 Å². The molecule has 78 heavy (non-hydrogen) atoms. The van der Waals surface area contributed by atoms with Crippen LogP contribution in [0.5, 0.6) is 11.5 Å². The van der Waals surface area contributed by atoms with Crippen molar-refractivity contribution in [2.24, 2.45) is 5.73 Å². The number of nitrogens with two attached hydrogens (primary N) is 1. The number of hydrogen-bond donors (Lipinski definition) is 5. The van der Waals surface area contributed by atoms with Crippen molar-refractivity contribution in [3.05, 3.63) is 165 Å². The Hall–Kier alpha value is -6.79. The first kappa shape index (κ1) is 57.4. The Kier molecular flexibility index (Phi) is 17.4. The number of unbranched alkanes of at least 4 members (excludes halogenated alkanes) is 1. The number of fused-ring (bicyclic) bond motifs is 2. The number of aromatic amines is 1. The van der Waals surface area contributed by atoms with Crippen molar-refractivity contribution >= 4 is 88.6 Å². The number of amides is 3. The fraction of sp³-hybridized carbons (Fsp3) is 0.361. The zero-order chi connectivity index (χ0) is 56.2. The van der Waals surface area contributed by atoms with Crippen molar-refractivity contribution in [1.82, 2.24) is 14.9 Å². The molecule has 3 heterocycles. The van der Waals surface area contributed by atoms with Gasteiger partial charge in [0.25, 0.3) is 11.8 Å². The zero-order valence-corrected chi connectivity index (χ0v) is 48.9. The summed E-state index contributed by atoms with van der Waals surface area (Å²) < 4.78 is 18.4. The van der Waals surface area contributed by atoms with Gasteiger partial charge in [-0.3, -0.25) is 19.4 Å². The average molecular weight is 1110 g/mol. The predicted molar refractivity (Wildman–Crippen MR) is 320 cm³/mol. The molecule has 0 spiro atoms.